The number of hydrogen-bond donors (Lipinski definition) is 3. The highest BCUT2D eigenvalue weighted by molar-refractivity contribution is 7.89. The van der Waals surface area contributed by atoms with E-state index in [4.69, 9.17) is 21.8 Å². The maximum atomic E-state index is 10.9. The summed E-state index contributed by atoms with van der Waals surface area (Å²) in [5, 5.41) is 16.0. The normalized spacial score (nSPS) is 12.2. The largest absolute Gasteiger partial charge is 0.476 e. The number of halogens is 1. The van der Waals surface area contributed by atoms with Gasteiger partial charge in [0.2, 0.25) is 15.2 Å². The molecule has 1 rings (SSSR count). The number of nitrogens with one attached hydrogen (secondary N) is 1. The lowest BCUT2D eigenvalue weighted by Crippen LogP contribution is -2.12. The number of carbonyl (C=O) groups is 1. The zero-order valence-corrected chi connectivity index (χ0v) is 9.86. The zero-order valence-electron chi connectivity index (χ0n) is 8.29. The van der Waals surface area contributed by atoms with Crippen LogP contribution in [0.1, 0.15) is 0 Å². The van der Waals surface area contributed by atoms with Gasteiger partial charge in [0.25, 0.3) is 0 Å². The van der Waals surface area contributed by atoms with Crippen LogP contribution in [0.4, 0.5) is 5.69 Å². The van der Waals surface area contributed by atoms with Crippen molar-refractivity contribution in [2.24, 2.45) is 10.2 Å². The van der Waals surface area contributed by atoms with E-state index in [2.05, 4.69) is 10.5 Å². The number of sulfonamides is 1. The fourth-order valence-electron chi connectivity index (χ4n) is 0.881. The minimum absolute atomic E-state index is 0.0589. The number of hydrogen-bond acceptors (Lipinski definition) is 5. The molecule has 0 aliphatic carbocycles. The molecule has 0 fully saturated rings. The molecule has 0 saturated carbocycles. The summed E-state index contributed by atoms with van der Waals surface area (Å²) in [5.74, 6) is -1.37. The third kappa shape index (κ3) is 4.02. The molecule has 0 unspecified atom stereocenters. The van der Waals surface area contributed by atoms with Crippen LogP contribution in [-0.2, 0) is 14.8 Å². The standard InChI is InChI=1S/C8H8ClN3O4S/c9-7(8(13)14)12-11-5-1-3-6(4-2-5)17(10,15)16/h1-4,11H,(H,13,14)(H2,10,15,16)/b12-7-. The SMILES string of the molecule is NS(=O)(=O)c1ccc(N/N=C(\Cl)C(=O)O)cc1. The summed E-state index contributed by atoms with van der Waals surface area (Å²) >= 11 is 5.24. The molecule has 0 aliphatic heterocycles. The van der Waals surface area contributed by atoms with Gasteiger partial charge in [-0.15, -0.1) is 0 Å². The van der Waals surface area contributed by atoms with Crippen LogP contribution in [-0.4, -0.2) is 24.7 Å². The van der Waals surface area contributed by atoms with Crippen LogP contribution in [0.2, 0.25) is 0 Å². The van der Waals surface area contributed by atoms with E-state index in [1.807, 2.05) is 0 Å². The molecule has 1 aromatic rings. The minimum Gasteiger partial charge on any atom is -0.476 e. The molecule has 0 atom stereocenters. The predicted molar refractivity (Wildman–Crippen MR) is 62.4 cm³/mol. The third-order valence-corrected chi connectivity index (χ3v) is 2.82. The van der Waals surface area contributed by atoms with Gasteiger partial charge >= 0.3 is 5.97 Å². The molecule has 0 aliphatic rings. The van der Waals surface area contributed by atoms with Crippen molar-refractivity contribution in [3.63, 3.8) is 0 Å². The van der Waals surface area contributed by atoms with Gasteiger partial charge in [0, 0.05) is 0 Å². The topological polar surface area (TPSA) is 122 Å². The summed E-state index contributed by atoms with van der Waals surface area (Å²) in [7, 11) is -3.75. The van der Waals surface area contributed by atoms with Gasteiger partial charge < -0.3 is 5.11 Å². The smallest absolute Gasteiger partial charge is 0.368 e. The summed E-state index contributed by atoms with van der Waals surface area (Å²) in [6, 6.07) is 5.24. The highest BCUT2D eigenvalue weighted by Gasteiger charge is 2.07. The summed E-state index contributed by atoms with van der Waals surface area (Å²) in [6.07, 6.45) is 0. The van der Waals surface area contributed by atoms with Crippen molar-refractivity contribution >= 4 is 38.5 Å². The Balaban J connectivity index is 2.83. The molecule has 92 valence electrons. The maximum absolute atomic E-state index is 10.9. The molecular formula is C8H8ClN3O4S. The second-order valence-corrected chi connectivity index (χ2v) is 4.81. The summed E-state index contributed by atoms with van der Waals surface area (Å²) in [4.78, 5) is 10.2. The average Bonchev–Trinajstić information content (AvgIpc) is 2.25. The fraction of sp³-hybridized carbons (Fsp3) is 0. The lowest BCUT2D eigenvalue weighted by Gasteiger charge is -2.01. The van der Waals surface area contributed by atoms with E-state index >= 15 is 0 Å². The number of hydrazone groups is 1. The third-order valence-electron chi connectivity index (χ3n) is 1.64. The summed E-state index contributed by atoms with van der Waals surface area (Å²) in [5.41, 5.74) is 2.72. The van der Waals surface area contributed by atoms with Gasteiger partial charge in [0.15, 0.2) is 0 Å². The molecule has 0 amide bonds. The number of anilines is 1. The first-order chi connectivity index (χ1) is 7.80. The Labute approximate surface area is 102 Å². The Hall–Kier alpha value is -1.64. The number of rotatable bonds is 4. The Morgan fingerprint density at radius 3 is 2.29 bits per heavy atom. The Kier molecular flexibility index (Phi) is 4.05. The maximum Gasteiger partial charge on any atom is 0.368 e. The van der Waals surface area contributed by atoms with Gasteiger partial charge in [-0.1, -0.05) is 11.6 Å². The van der Waals surface area contributed by atoms with Gasteiger partial charge in [0.05, 0.1) is 10.6 Å². The van der Waals surface area contributed by atoms with Gasteiger partial charge in [0.1, 0.15) is 0 Å². The first kappa shape index (κ1) is 13.4. The van der Waals surface area contributed by atoms with E-state index in [1.54, 1.807) is 0 Å². The number of carboxylic acids is 1. The molecule has 0 radical (unpaired) electrons. The summed E-state index contributed by atoms with van der Waals surface area (Å²) < 4.78 is 21.9. The monoisotopic (exact) mass is 277 g/mol. The first-order valence-electron chi connectivity index (χ1n) is 4.16. The van der Waals surface area contributed by atoms with Crippen molar-refractivity contribution in [2.45, 2.75) is 4.90 Å². The number of nitrogens with zero attached hydrogens (tertiary/aromatic N) is 1. The first-order valence-corrected chi connectivity index (χ1v) is 6.08. The van der Waals surface area contributed by atoms with Crippen molar-refractivity contribution < 1.29 is 18.3 Å². The van der Waals surface area contributed by atoms with Gasteiger partial charge in [-0.3, -0.25) is 5.43 Å². The van der Waals surface area contributed by atoms with Crippen LogP contribution in [0.3, 0.4) is 0 Å². The molecule has 0 bridgehead atoms. The van der Waals surface area contributed by atoms with Crippen molar-refractivity contribution in [3.05, 3.63) is 24.3 Å². The average molecular weight is 278 g/mol. The molecule has 0 heterocycles. The van der Waals surface area contributed by atoms with Gasteiger partial charge in [-0.2, -0.15) is 5.10 Å². The van der Waals surface area contributed by atoms with Crippen LogP contribution in [0, 0.1) is 0 Å². The van der Waals surface area contributed by atoms with E-state index in [0.717, 1.165) is 0 Å². The van der Waals surface area contributed by atoms with E-state index in [9.17, 15) is 13.2 Å². The van der Waals surface area contributed by atoms with Gasteiger partial charge in [-0.25, -0.2) is 18.4 Å². The zero-order chi connectivity index (χ0) is 13.1. The van der Waals surface area contributed by atoms with Crippen molar-refractivity contribution in [3.8, 4) is 0 Å². The number of primary sulfonamides is 1. The molecular weight excluding hydrogens is 270 g/mol. The second kappa shape index (κ2) is 5.13. The lowest BCUT2D eigenvalue weighted by molar-refractivity contribution is -0.129. The van der Waals surface area contributed by atoms with Crippen molar-refractivity contribution in [1.29, 1.82) is 0 Å². The Bertz CT molecular complexity index is 553. The Morgan fingerprint density at radius 1 is 1.35 bits per heavy atom. The van der Waals surface area contributed by atoms with E-state index in [0.29, 0.717) is 5.69 Å². The van der Waals surface area contributed by atoms with Crippen molar-refractivity contribution in [1.82, 2.24) is 0 Å². The molecule has 17 heavy (non-hydrogen) atoms. The highest BCUT2D eigenvalue weighted by Crippen LogP contribution is 2.12. The molecule has 7 nitrogen and oxygen atoms in total. The van der Waals surface area contributed by atoms with Crippen LogP contribution >= 0.6 is 11.6 Å². The van der Waals surface area contributed by atoms with Crippen LogP contribution in [0.15, 0.2) is 34.3 Å². The number of carboxylic acid groups (broad SMARTS) is 1. The second-order valence-electron chi connectivity index (χ2n) is 2.89. The van der Waals surface area contributed by atoms with Crippen LogP contribution in [0.25, 0.3) is 0 Å². The van der Waals surface area contributed by atoms with E-state index in [1.165, 1.54) is 24.3 Å². The molecule has 9 heteroatoms. The lowest BCUT2D eigenvalue weighted by atomic mass is 10.3. The van der Waals surface area contributed by atoms with Crippen LogP contribution in [0.5, 0.6) is 0 Å². The van der Waals surface area contributed by atoms with E-state index < -0.39 is 21.2 Å². The quantitative estimate of drug-likeness (QED) is 0.542. The fourth-order valence-corrected chi connectivity index (χ4v) is 1.44. The predicted octanol–water partition coefficient (Wildman–Crippen LogP) is 0.383. The molecule has 0 aromatic heterocycles. The van der Waals surface area contributed by atoms with Crippen molar-refractivity contribution in [2.75, 3.05) is 5.43 Å². The van der Waals surface area contributed by atoms with Crippen LogP contribution < -0.4 is 10.6 Å². The Morgan fingerprint density at radius 2 is 1.88 bits per heavy atom. The molecule has 4 N–H and O–H groups in total. The number of aliphatic carboxylic acids is 1. The molecule has 1 aromatic carbocycles. The van der Waals surface area contributed by atoms with E-state index in [-0.39, 0.29) is 4.90 Å². The number of benzene rings is 1. The minimum atomic E-state index is -3.75. The number of nitrogens with two attached hydrogens (primary N) is 1. The molecule has 0 spiro atoms. The summed E-state index contributed by atoms with van der Waals surface area (Å²) in [6.45, 7) is 0. The van der Waals surface area contributed by atoms with Gasteiger partial charge in [-0.05, 0) is 24.3 Å². The highest BCUT2D eigenvalue weighted by atomic mass is 35.5. The molecule has 0 saturated heterocycles.